The first-order valence-corrected chi connectivity index (χ1v) is 11.7. The molecule has 0 radical (unpaired) electrons. The van der Waals surface area contributed by atoms with Crippen molar-refractivity contribution in [2.45, 2.75) is 34.1 Å². The van der Waals surface area contributed by atoms with Gasteiger partial charge in [0.25, 0.3) is 0 Å². The second kappa shape index (κ2) is 9.12. The van der Waals surface area contributed by atoms with Crippen molar-refractivity contribution in [2.24, 2.45) is 0 Å². The standard InChI is InChI=1S/C24H29O3P/c1-5-18-28(25-22-15-9-6-12-19(22)2,26-23-16-10-7-13-20(23)3)27-24-17-11-8-14-21(24)4/h6-17,28H,5,18H2,1-4H3. The molecule has 0 aromatic heterocycles. The summed E-state index contributed by atoms with van der Waals surface area (Å²) in [6, 6.07) is 24.0. The van der Waals surface area contributed by atoms with E-state index in [1.54, 1.807) is 0 Å². The third-order valence-electron chi connectivity index (χ3n) is 4.63. The first-order valence-electron chi connectivity index (χ1n) is 9.77. The Balaban J connectivity index is 2.04. The first kappa shape index (κ1) is 20.2. The molecule has 28 heavy (non-hydrogen) atoms. The molecule has 0 saturated carbocycles. The molecule has 0 aliphatic heterocycles. The van der Waals surface area contributed by atoms with E-state index < -0.39 is 7.94 Å². The van der Waals surface area contributed by atoms with Gasteiger partial charge in [0, 0.05) is 0 Å². The van der Waals surface area contributed by atoms with Gasteiger partial charge in [0.1, 0.15) is 0 Å². The molecule has 3 rings (SSSR count). The van der Waals surface area contributed by atoms with Gasteiger partial charge in [-0.3, -0.25) is 0 Å². The van der Waals surface area contributed by atoms with Crippen LogP contribution in [-0.4, -0.2) is 6.16 Å². The molecule has 0 aliphatic carbocycles. The molecule has 0 saturated heterocycles. The Morgan fingerprint density at radius 3 is 1.18 bits per heavy atom. The van der Waals surface area contributed by atoms with E-state index in [0.717, 1.165) is 40.4 Å². The van der Waals surface area contributed by atoms with Gasteiger partial charge >= 0.3 is 169 Å². The fraction of sp³-hybridized carbons (Fsp3) is 0.250. The zero-order valence-corrected chi connectivity index (χ0v) is 18.1. The summed E-state index contributed by atoms with van der Waals surface area (Å²) in [6.45, 7) is 8.26. The maximum absolute atomic E-state index is 6.59. The van der Waals surface area contributed by atoms with E-state index in [0.29, 0.717) is 6.16 Å². The third kappa shape index (κ3) is 4.85. The van der Waals surface area contributed by atoms with Crippen molar-refractivity contribution < 1.29 is 13.6 Å². The van der Waals surface area contributed by atoms with Crippen molar-refractivity contribution in [3.8, 4) is 17.2 Å². The van der Waals surface area contributed by atoms with Crippen LogP contribution in [0.4, 0.5) is 0 Å². The summed E-state index contributed by atoms with van der Waals surface area (Å²) in [5, 5.41) is 0. The van der Waals surface area contributed by atoms with E-state index in [1.165, 1.54) is 0 Å². The minimum atomic E-state index is -3.11. The van der Waals surface area contributed by atoms with Crippen LogP contribution in [-0.2, 0) is 0 Å². The van der Waals surface area contributed by atoms with E-state index in [2.05, 4.69) is 6.92 Å². The van der Waals surface area contributed by atoms with Gasteiger partial charge in [-0.1, -0.05) is 0 Å². The SMILES string of the molecule is CCC[PH](Oc1ccccc1C)(Oc1ccccc1C)Oc1ccccc1C. The zero-order chi connectivity index (χ0) is 20.0. The first-order chi connectivity index (χ1) is 13.5. The Morgan fingerprint density at radius 2 is 0.893 bits per heavy atom. The van der Waals surface area contributed by atoms with E-state index in [-0.39, 0.29) is 0 Å². The monoisotopic (exact) mass is 396 g/mol. The number of aryl methyl sites for hydroxylation is 3. The number of benzene rings is 3. The average molecular weight is 396 g/mol. The Bertz CT molecular complexity index is 807. The number of rotatable bonds is 8. The molecule has 0 N–H and O–H groups in total. The summed E-state index contributed by atoms with van der Waals surface area (Å²) in [6.07, 6.45) is 1.61. The molecule has 3 aromatic rings. The van der Waals surface area contributed by atoms with Gasteiger partial charge in [0.2, 0.25) is 0 Å². The number of hydrogen-bond acceptors (Lipinski definition) is 3. The Kier molecular flexibility index (Phi) is 6.59. The van der Waals surface area contributed by atoms with Crippen LogP contribution in [0.5, 0.6) is 17.2 Å². The number of hydrogen-bond donors (Lipinski definition) is 0. The van der Waals surface area contributed by atoms with Crippen molar-refractivity contribution >= 4 is 7.94 Å². The molecule has 0 atom stereocenters. The molecule has 148 valence electrons. The van der Waals surface area contributed by atoms with Crippen molar-refractivity contribution in [3.05, 3.63) is 89.5 Å². The summed E-state index contributed by atoms with van der Waals surface area (Å²) < 4.78 is 19.8. The van der Waals surface area contributed by atoms with Gasteiger partial charge in [-0.05, 0) is 0 Å². The van der Waals surface area contributed by atoms with E-state index >= 15 is 0 Å². The normalized spacial score (nSPS) is 11.7. The van der Waals surface area contributed by atoms with Crippen LogP contribution in [0.2, 0.25) is 0 Å². The molecule has 3 aromatic carbocycles. The molecule has 3 nitrogen and oxygen atoms in total. The predicted octanol–water partition coefficient (Wildman–Crippen LogP) is 7.05. The zero-order valence-electron chi connectivity index (χ0n) is 17.1. The topological polar surface area (TPSA) is 27.7 Å². The van der Waals surface area contributed by atoms with Crippen LogP contribution in [0.25, 0.3) is 0 Å². The van der Waals surface area contributed by atoms with Gasteiger partial charge in [0.15, 0.2) is 0 Å². The van der Waals surface area contributed by atoms with Crippen molar-refractivity contribution in [1.29, 1.82) is 0 Å². The summed E-state index contributed by atoms with van der Waals surface area (Å²) in [4.78, 5) is 0. The Morgan fingerprint density at radius 1 is 0.571 bits per heavy atom. The van der Waals surface area contributed by atoms with Crippen LogP contribution >= 0.6 is 7.94 Å². The minimum absolute atomic E-state index is 0.712. The van der Waals surface area contributed by atoms with Crippen LogP contribution in [0.3, 0.4) is 0 Å². The second-order valence-corrected chi connectivity index (χ2v) is 9.51. The summed E-state index contributed by atoms with van der Waals surface area (Å²) in [7, 11) is -3.11. The molecule has 0 bridgehead atoms. The fourth-order valence-corrected chi connectivity index (χ4v) is 5.77. The second-order valence-electron chi connectivity index (χ2n) is 7.04. The molecule has 0 heterocycles. The molecule has 0 aliphatic rings. The molecular formula is C24H29O3P. The summed E-state index contributed by atoms with van der Waals surface area (Å²) in [5.41, 5.74) is 3.20. The van der Waals surface area contributed by atoms with Gasteiger partial charge in [-0.15, -0.1) is 0 Å². The van der Waals surface area contributed by atoms with Gasteiger partial charge in [0.05, 0.1) is 0 Å². The van der Waals surface area contributed by atoms with Crippen LogP contribution in [0, 0.1) is 20.8 Å². The van der Waals surface area contributed by atoms with Crippen LogP contribution < -0.4 is 13.6 Å². The molecule has 0 fully saturated rings. The van der Waals surface area contributed by atoms with Gasteiger partial charge < -0.3 is 0 Å². The molecule has 4 heteroatoms. The Labute approximate surface area is 168 Å². The quantitative estimate of drug-likeness (QED) is 0.382. The molecule has 0 spiro atoms. The van der Waals surface area contributed by atoms with Crippen LogP contribution in [0.1, 0.15) is 30.0 Å². The molecular weight excluding hydrogens is 367 g/mol. The summed E-state index contributed by atoms with van der Waals surface area (Å²) in [5.74, 6) is 2.43. The summed E-state index contributed by atoms with van der Waals surface area (Å²) >= 11 is 0. The molecule has 0 amide bonds. The Hall–Kier alpha value is -2.51. The van der Waals surface area contributed by atoms with Crippen molar-refractivity contribution in [3.63, 3.8) is 0 Å². The number of para-hydroxylation sites is 3. The van der Waals surface area contributed by atoms with E-state index in [4.69, 9.17) is 13.6 Å². The van der Waals surface area contributed by atoms with Crippen LogP contribution in [0.15, 0.2) is 72.8 Å². The van der Waals surface area contributed by atoms with Gasteiger partial charge in [-0.2, -0.15) is 0 Å². The molecule has 0 unspecified atom stereocenters. The fourth-order valence-electron chi connectivity index (χ4n) is 3.04. The predicted molar refractivity (Wildman–Crippen MR) is 119 cm³/mol. The van der Waals surface area contributed by atoms with E-state index in [9.17, 15) is 0 Å². The van der Waals surface area contributed by atoms with Crippen molar-refractivity contribution in [1.82, 2.24) is 0 Å². The third-order valence-corrected chi connectivity index (χ3v) is 7.34. The average Bonchev–Trinajstić information content (AvgIpc) is 2.68. The maximum atomic E-state index is 6.59. The van der Waals surface area contributed by atoms with Gasteiger partial charge in [-0.25, -0.2) is 0 Å². The van der Waals surface area contributed by atoms with Crippen molar-refractivity contribution in [2.75, 3.05) is 6.16 Å². The van der Waals surface area contributed by atoms with E-state index in [1.807, 2.05) is 93.6 Å².